The fraction of sp³-hybridized carbons (Fsp3) is 0.143. The number of azide groups is 1. The summed E-state index contributed by atoms with van der Waals surface area (Å²) in [4.78, 5) is 0.749. The van der Waals surface area contributed by atoms with Crippen molar-refractivity contribution < 1.29 is 26.0 Å². The number of halogens is 4. The maximum Gasteiger partial charge on any atom is 0.501 e. The van der Waals surface area contributed by atoms with Gasteiger partial charge in [0, 0.05) is 4.91 Å². The summed E-state index contributed by atoms with van der Waals surface area (Å²) in [5.41, 5.74) is 1.66. The minimum absolute atomic E-state index is 0.146. The number of benzene rings is 1. The molecule has 0 aliphatic heterocycles. The van der Waals surface area contributed by atoms with Gasteiger partial charge >= 0.3 is 5.51 Å². The van der Waals surface area contributed by atoms with E-state index in [2.05, 4.69) is 10.0 Å². The maximum absolute atomic E-state index is 12.7. The average Bonchev–Trinajstić information content (AvgIpc) is 2.19. The quantitative estimate of drug-likeness (QED) is 0.357. The fourth-order valence-corrected chi connectivity index (χ4v) is 1.86. The van der Waals surface area contributed by atoms with E-state index in [0.717, 1.165) is 0 Å². The van der Waals surface area contributed by atoms with E-state index in [0.29, 0.717) is 12.1 Å². The summed E-state index contributed by atoms with van der Waals surface area (Å²) in [7, 11) is -5.76. The van der Waals surface area contributed by atoms with E-state index in [9.17, 15) is 26.0 Å². The molecule has 0 fully saturated rings. The Morgan fingerprint density at radius 3 is 2.35 bits per heavy atom. The van der Waals surface area contributed by atoms with Gasteiger partial charge in [-0.2, -0.15) is 13.2 Å². The van der Waals surface area contributed by atoms with Crippen LogP contribution in [0.15, 0.2) is 28.2 Å². The van der Waals surface area contributed by atoms with Crippen molar-refractivity contribution in [2.45, 2.75) is 10.4 Å². The molecule has 0 amide bonds. The molecule has 1 aromatic rings. The van der Waals surface area contributed by atoms with Crippen LogP contribution in [0.25, 0.3) is 10.4 Å². The molecule has 0 aliphatic rings. The van der Waals surface area contributed by atoms with Crippen molar-refractivity contribution in [1.29, 1.82) is 0 Å². The molecule has 0 aromatic heterocycles. The highest BCUT2D eigenvalue weighted by molar-refractivity contribution is 7.92. The van der Waals surface area contributed by atoms with Crippen molar-refractivity contribution >= 4 is 15.5 Å². The molecule has 0 heterocycles. The lowest BCUT2D eigenvalue weighted by Gasteiger charge is -2.09. The Balaban J connectivity index is 3.61. The highest BCUT2D eigenvalue weighted by Gasteiger charge is 2.47. The van der Waals surface area contributed by atoms with E-state index in [4.69, 9.17) is 5.53 Å². The first kappa shape index (κ1) is 13.3. The molecule has 0 aliphatic carbocycles. The average molecular weight is 269 g/mol. The van der Waals surface area contributed by atoms with Gasteiger partial charge in [-0.25, -0.2) is 12.8 Å². The first-order chi connectivity index (χ1) is 7.70. The normalized spacial score (nSPS) is 12.0. The van der Waals surface area contributed by atoms with Gasteiger partial charge in [0.05, 0.1) is 10.6 Å². The van der Waals surface area contributed by atoms with E-state index in [1.165, 1.54) is 0 Å². The minimum Gasteiger partial charge on any atom is -0.214 e. The van der Waals surface area contributed by atoms with Crippen LogP contribution >= 0.6 is 0 Å². The molecule has 0 atom stereocenters. The summed E-state index contributed by atoms with van der Waals surface area (Å²) >= 11 is 0. The lowest BCUT2D eigenvalue weighted by atomic mass is 10.3. The number of rotatable bonds is 2. The van der Waals surface area contributed by atoms with Crippen LogP contribution in [0.3, 0.4) is 0 Å². The molecule has 17 heavy (non-hydrogen) atoms. The zero-order chi connectivity index (χ0) is 13.3. The molecule has 0 saturated carbocycles. The number of hydrogen-bond acceptors (Lipinski definition) is 3. The van der Waals surface area contributed by atoms with Crippen molar-refractivity contribution in [2.75, 3.05) is 0 Å². The van der Waals surface area contributed by atoms with E-state index in [-0.39, 0.29) is 6.07 Å². The molecular weight excluding hydrogens is 266 g/mol. The lowest BCUT2D eigenvalue weighted by Crippen LogP contribution is -2.23. The monoisotopic (exact) mass is 269 g/mol. The largest absolute Gasteiger partial charge is 0.501 e. The molecule has 5 nitrogen and oxygen atoms in total. The van der Waals surface area contributed by atoms with Crippen LogP contribution in [0, 0.1) is 5.82 Å². The van der Waals surface area contributed by atoms with Gasteiger partial charge in [-0.15, -0.1) is 0 Å². The summed E-state index contributed by atoms with van der Waals surface area (Å²) in [5.74, 6) is -1.19. The Kier molecular flexibility index (Phi) is 3.30. The van der Waals surface area contributed by atoms with Gasteiger partial charge in [0.2, 0.25) is 0 Å². The third kappa shape index (κ3) is 2.48. The first-order valence-electron chi connectivity index (χ1n) is 3.86. The van der Waals surface area contributed by atoms with Crippen LogP contribution in [0.5, 0.6) is 0 Å². The van der Waals surface area contributed by atoms with Crippen LogP contribution in [0.1, 0.15) is 0 Å². The van der Waals surface area contributed by atoms with E-state index >= 15 is 0 Å². The molecule has 92 valence electrons. The van der Waals surface area contributed by atoms with Crippen molar-refractivity contribution in [3.63, 3.8) is 0 Å². The smallest absolute Gasteiger partial charge is 0.214 e. The number of sulfone groups is 1. The van der Waals surface area contributed by atoms with Crippen LogP contribution in [0.4, 0.5) is 23.2 Å². The zero-order valence-corrected chi connectivity index (χ0v) is 8.63. The second kappa shape index (κ2) is 4.22. The highest BCUT2D eigenvalue weighted by Crippen LogP contribution is 2.35. The number of nitrogens with zero attached hydrogens (tertiary/aromatic N) is 3. The summed E-state index contributed by atoms with van der Waals surface area (Å²) < 4.78 is 71.5. The molecule has 0 N–H and O–H groups in total. The molecule has 0 radical (unpaired) electrons. The maximum atomic E-state index is 12.7. The molecule has 0 spiro atoms. The Hall–Kier alpha value is -1.80. The van der Waals surface area contributed by atoms with Gasteiger partial charge in [0.1, 0.15) is 5.82 Å². The molecule has 1 aromatic carbocycles. The van der Waals surface area contributed by atoms with Gasteiger partial charge in [0.25, 0.3) is 9.84 Å². The summed E-state index contributed by atoms with van der Waals surface area (Å²) in [6, 6.07) is 1.47. The first-order valence-corrected chi connectivity index (χ1v) is 5.34. The second-order valence-corrected chi connectivity index (χ2v) is 4.66. The minimum atomic E-state index is -5.76. The molecule has 10 heteroatoms. The topological polar surface area (TPSA) is 82.9 Å². The summed E-state index contributed by atoms with van der Waals surface area (Å²) in [6.45, 7) is 0. The Morgan fingerprint density at radius 1 is 1.29 bits per heavy atom. The predicted octanol–water partition coefficient (Wildman–Crippen LogP) is 3.06. The van der Waals surface area contributed by atoms with Crippen LogP contribution in [0.2, 0.25) is 0 Å². The van der Waals surface area contributed by atoms with E-state index < -0.39 is 31.7 Å². The van der Waals surface area contributed by atoms with E-state index in [1.54, 1.807) is 0 Å². The van der Waals surface area contributed by atoms with Crippen molar-refractivity contribution in [3.8, 4) is 0 Å². The Labute approximate surface area is 92.2 Å². The van der Waals surface area contributed by atoms with Gasteiger partial charge in [-0.3, -0.25) is 0 Å². The number of hydrogen-bond donors (Lipinski definition) is 0. The standard InChI is InChI=1S/C7H3F4N3O2S/c8-4-1-2-5(13-14-12)6(3-4)17(15,16)7(9,10)11/h1-3H. The SMILES string of the molecule is [N-]=[N+]=Nc1ccc(F)cc1S(=O)(=O)C(F)(F)F. The molecule has 0 saturated heterocycles. The Bertz CT molecular complexity index is 590. The summed E-state index contributed by atoms with van der Waals surface area (Å²) in [6.07, 6.45) is 0. The van der Waals surface area contributed by atoms with Gasteiger partial charge < -0.3 is 0 Å². The fourth-order valence-electron chi connectivity index (χ4n) is 0.959. The third-order valence-electron chi connectivity index (χ3n) is 1.67. The van der Waals surface area contributed by atoms with Crippen molar-refractivity contribution in [1.82, 2.24) is 0 Å². The van der Waals surface area contributed by atoms with Crippen LogP contribution in [-0.4, -0.2) is 13.9 Å². The van der Waals surface area contributed by atoms with Gasteiger partial charge in [0.15, 0.2) is 0 Å². The van der Waals surface area contributed by atoms with Crippen LogP contribution in [-0.2, 0) is 9.84 Å². The Morgan fingerprint density at radius 2 is 1.88 bits per heavy atom. The molecular formula is C7H3F4N3O2S. The summed E-state index contributed by atoms with van der Waals surface area (Å²) in [5, 5.41) is 2.76. The molecule has 0 bridgehead atoms. The van der Waals surface area contributed by atoms with E-state index in [1.807, 2.05) is 0 Å². The molecule has 0 unspecified atom stereocenters. The highest BCUT2D eigenvalue weighted by atomic mass is 32.2. The molecule has 1 rings (SSSR count). The van der Waals surface area contributed by atoms with Crippen molar-refractivity contribution in [3.05, 3.63) is 34.5 Å². The second-order valence-electron chi connectivity index (χ2n) is 2.75. The van der Waals surface area contributed by atoms with Gasteiger partial charge in [-0.1, -0.05) is 5.11 Å². The zero-order valence-electron chi connectivity index (χ0n) is 7.81. The van der Waals surface area contributed by atoms with Gasteiger partial charge in [-0.05, 0) is 23.7 Å². The van der Waals surface area contributed by atoms with Crippen LogP contribution < -0.4 is 0 Å². The number of alkyl halides is 3. The lowest BCUT2D eigenvalue weighted by molar-refractivity contribution is -0.0435. The van der Waals surface area contributed by atoms with Crippen molar-refractivity contribution in [2.24, 2.45) is 5.11 Å². The predicted molar refractivity (Wildman–Crippen MR) is 48.4 cm³/mol. The third-order valence-corrected chi connectivity index (χ3v) is 3.18.